The van der Waals surface area contributed by atoms with Crippen molar-refractivity contribution in [1.82, 2.24) is 4.98 Å². The van der Waals surface area contributed by atoms with E-state index in [0.29, 0.717) is 0 Å². The molecule has 0 bridgehead atoms. The van der Waals surface area contributed by atoms with E-state index in [0.717, 1.165) is 12.1 Å². The average Bonchev–Trinajstić information content (AvgIpc) is 2.26. The van der Waals surface area contributed by atoms with E-state index in [9.17, 15) is 9.18 Å². The zero-order valence-electron chi connectivity index (χ0n) is 9.25. The normalized spacial score (nSPS) is 10.3. The number of benzene rings is 1. The van der Waals surface area contributed by atoms with E-state index in [1.807, 2.05) is 0 Å². The fraction of sp³-hybridized carbons (Fsp3) is 0. The topological polar surface area (TPSA) is 42.0 Å². The average molecular weight is 320 g/mol. The Kier molecular flexibility index (Phi) is 4.24. The third-order valence-corrected chi connectivity index (χ3v) is 2.90. The van der Waals surface area contributed by atoms with Crippen molar-refractivity contribution in [3.8, 4) is 0 Å². The van der Waals surface area contributed by atoms with Crippen LogP contribution in [0.1, 0.15) is 10.4 Å². The highest BCUT2D eigenvalue weighted by Gasteiger charge is 2.12. The number of hydrogen-bond acceptors (Lipinski definition) is 2. The van der Waals surface area contributed by atoms with Gasteiger partial charge in [-0.1, -0.05) is 34.8 Å². The molecule has 2 aromatic rings. The zero-order chi connectivity index (χ0) is 14.0. The lowest BCUT2D eigenvalue weighted by Gasteiger charge is -2.07. The molecule has 7 heteroatoms. The Morgan fingerprint density at radius 2 is 1.89 bits per heavy atom. The van der Waals surface area contributed by atoms with Gasteiger partial charge in [0.15, 0.2) is 0 Å². The summed E-state index contributed by atoms with van der Waals surface area (Å²) in [6.07, 6.45) is 0. The van der Waals surface area contributed by atoms with Gasteiger partial charge in [0.2, 0.25) is 0 Å². The molecule has 98 valence electrons. The van der Waals surface area contributed by atoms with Gasteiger partial charge in [0.05, 0.1) is 5.56 Å². The van der Waals surface area contributed by atoms with E-state index >= 15 is 0 Å². The molecule has 0 atom stereocenters. The monoisotopic (exact) mass is 318 g/mol. The standard InChI is InChI=1S/C12H6Cl3FN2O/c13-6-3-7(16)5-8(4-6)17-12(19)9-1-2-10(14)18-11(9)15/h1-5H,(H,17,19). The lowest BCUT2D eigenvalue weighted by atomic mass is 10.2. The van der Waals surface area contributed by atoms with Crippen LogP contribution >= 0.6 is 34.8 Å². The number of nitrogens with one attached hydrogen (secondary N) is 1. The molecule has 0 unspecified atom stereocenters. The molecule has 19 heavy (non-hydrogen) atoms. The number of carbonyl (C=O) groups is 1. The second-order valence-electron chi connectivity index (χ2n) is 3.58. The number of hydrogen-bond donors (Lipinski definition) is 1. The molecule has 1 aromatic heterocycles. The first-order valence-corrected chi connectivity index (χ1v) is 6.18. The van der Waals surface area contributed by atoms with Gasteiger partial charge in [0, 0.05) is 10.7 Å². The van der Waals surface area contributed by atoms with Gasteiger partial charge in [-0.3, -0.25) is 4.79 Å². The van der Waals surface area contributed by atoms with Gasteiger partial charge < -0.3 is 5.32 Å². The van der Waals surface area contributed by atoms with Crippen LogP contribution in [0.25, 0.3) is 0 Å². The summed E-state index contributed by atoms with van der Waals surface area (Å²) in [5.41, 5.74) is 0.354. The van der Waals surface area contributed by atoms with Crippen molar-refractivity contribution >= 4 is 46.4 Å². The smallest absolute Gasteiger partial charge is 0.258 e. The lowest BCUT2D eigenvalue weighted by molar-refractivity contribution is 0.102. The van der Waals surface area contributed by atoms with Gasteiger partial charge >= 0.3 is 0 Å². The van der Waals surface area contributed by atoms with Gasteiger partial charge in [-0.25, -0.2) is 9.37 Å². The van der Waals surface area contributed by atoms with Gasteiger partial charge in [0.25, 0.3) is 5.91 Å². The van der Waals surface area contributed by atoms with Crippen molar-refractivity contribution < 1.29 is 9.18 Å². The largest absolute Gasteiger partial charge is 0.322 e. The van der Waals surface area contributed by atoms with Crippen LogP contribution in [-0.4, -0.2) is 10.9 Å². The second-order valence-corrected chi connectivity index (χ2v) is 4.77. The second kappa shape index (κ2) is 5.74. The van der Waals surface area contributed by atoms with E-state index in [4.69, 9.17) is 34.8 Å². The number of nitrogens with zero attached hydrogens (tertiary/aromatic N) is 1. The van der Waals surface area contributed by atoms with E-state index in [-0.39, 0.29) is 26.6 Å². The maximum absolute atomic E-state index is 13.1. The Balaban J connectivity index is 2.25. The molecule has 0 saturated carbocycles. The maximum atomic E-state index is 13.1. The Hall–Kier alpha value is -1.36. The lowest BCUT2D eigenvalue weighted by Crippen LogP contribution is -2.13. The SMILES string of the molecule is O=C(Nc1cc(F)cc(Cl)c1)c1ccc(Cl)nc1Cl. The summed E-state index contributed by atoms with van der Waals surface area (Å²) < 4.78 is 13.1. The van der Waals surface area contributed by atoms with Crippen LogP contribution < -0.4 is 5.32 Å². The fourth-order valence-electron chi connectivity index (χ4n) is 1.41. The first kappa shape index (κ1) is 14.1. The van der Waals surface area contributed by atoms with E-state index in [2.05, 4.69) is 10.3 Å². The molecular weight excluding hydrogens is 314 g/mol. The predicted molar refractivity (Wildman–Crippen MR) is 73.6 cm³/mol. The number of amides is 1. The molecular formula is C12H6Cl3FN2O. The molecule has 0 aliphatic rings. The van der Waals surface area contributed by atoms with Gasteiger partial charge in [-0.2, -0.15) is 0 Å². The van der Waals surface area contributed by atoms with Crippen molar-refractivity contribution in [1.29, 1.82) is 0 Å². The van der Waals surface area contributed by atoms with Crippen LogP contribution in [0.2, 0.25) is 15.3 Å². The van der Waals surface area contributed by atoms with Crippen LogP contribution in [-0.2, 0) is 0 Å². The van der Waals surface area contributed by atoms with Crippen molar-refractivity contribution in [3.05, 3.63) is 57.0 Å². The third kappa shape index (κ3) is 3.56. The maximum Gasteiger partial charge on any atom is 0.258 e. The number of rotatable bonds is 2. The summed E-state index contributed by atoms with van der Waals surface area (Å²) >= 11 is 17.1. The number of aromatic nitrogens is 1. The minimum Gasteiger partial charge on any atom is -0.322 e. The molecule has 0 radical (unpaired) electrons. The summed E-state index contributed by atoms with van der Waals surface area (Å²) in [5.74, 6) is -1.08. The molecule has 0 spiro atoms. The quantitative estimate of drug-likeness (QED) is 0.832. The van der Waals surface area contributed by atoms with E-state index < -0.39 is 11.7 Å². The minimum absolute atomic E-state index is 0.0347. The number of carbonyl (C=O) groups excluding carboxylic acids is 1. The van der Waals surface area contributed by atoms with Crippen LogP contribution in [0, 0.1) is 5.82 Å². The van der Waals surface area contributed by atoms with Crippen molar-refractivity contribution in [2.24, 2.45) is 0 Å². The Morgan fingerprint density at radius 1 is 1.16 bits per heavy atom. The molecule has 1 N–H and O–H groups in total. The molecule has 2 rings (SSSR count). The van der Waals surface area contributed by atoms with Gasteiger partial charge in [-0.05, 0) is 30.3 Å². The van der Waals surface area contributed by atoms with Crippen LogP contribution in [0.4, 0.5) is 10.1 Å². The van der Waals surface area contributed by atoms with Crippen LogP contribution in [0.5, 0.6) is 0 Å². The highest BCUT2D eigenvalue weighted by atomic mass is 35.5. The predicted octanol–water partition coefficient (Wildman–Crippen LogP) is 4.43. The molecule has 0 aliphatic carbocycles. The van der Waals surface area contributed by atoms with Gasteiger partial charge in [0.1, 0.15) is 16.1 Å². The number of halogens is 4. The minimum atomic E-state index is -0.553. The molecule has 0 saturated heterocycles. The summed E-state index contributed by atoms with van der Waals surface area (Å²) in [6, 6.07) is 6.55. The van der Waals surface area contributed by atoms with Crippen LogP contribution in [0.15, 0.2) is 30.3 Å². The molecule has 0 aliphatic heterocycles. The molecule has 0 fully saturated rings. The van der Waals surface area contributed by atoms with Crippen molar-refractivity contribution in [3.63, 3.8) is 0 Å². The van der Waals surface area contributed by atoms with E-state index in [1.54, 1.807) is 0 Å². The third-order valence-electron chi connectivity index (χ3n) is 2.18. The summed E-state index contributed by atoms with van der Waals surface area (Å²) in [4.78, 5) is 15.7. The Morgan fingerprint density at radius 3 is 2.53 bits per heavy atom. The molecule has 1 heterocycles. The van der Waals surface area contributed by atoms with E-state index in [1.165, 1.54) is 18.2 Å². The first-order chi connectivity index (χ1) is 8.95. The number of anilines is 1. The fourth-order valence-corrected chi connectivity index (χ4v) is 2.06. The zero-order valence-corrected chi connectivity index (χ0v) is 11.5. The van der Waals surface area contributed by atoms with Crippen molar-refractivity contribution in [2.45, 2.75) is 0 Å². The number of pyridine rings is 1. The molecule has 3 nitrogen and oxygen atoms in total. The highest BCUT2D eigenvalue weighted by molar-refractivity contribution is 6.35. The Labute approximate surface area is 123 Å². The van der Waals surface area contributed by atoms with Crippen molar-refractivity contribution in [2.75, 3.05) is 5.32 Å². The summed E-state index contributed by atoms with van der Waals surface area (Å²) in [7, 11) is 0. The molecule has 1 aromatic carbocycles. The first-order valence-electron chi connectivity index (χ1n) is 5.05. The van der Waals surface area contributed by atoms with Crippen LogP contribution in [0.3, 0.4) is 0 Å². The van der Waals surface area contributed by atoms with Gasteiger partial charge in [-0.15, -0.1) is 0 Å². The molecule has 1 amide bonds. The Bertz CT molecular complexity index is 629. The summed E-state index contributed by atoms with van der Waals surface area (Å²) in [6.45, 7) is 0. The summed E-state index contributed by atoms with van der Waals surface area (Å²) in [5, 5.41) is 2.79. The highest BCUT2D eigenvalue weighted by Crippen LogP contribution is 2.21.